The summed E-state index contributed by atoms with van der Waals surface area (Å²) in [6.07, 6.45) is 0.764. The molecule has 0 aromatic heterocycles. The number of aliphatic hydroxyl groups is 1. The van der Waals surface area contributed by atoms with Crippen LogP contribution in [0, 0.1) is 0 Å². The Bertz CT molecular complexity index is 173. The summed E-state index contributed by atoms with van der Waals surface area (Å²) in [5, 5.41) is 9.41. The number of rotatable bonds is 4. The van der Waals surface area contributed by atoms with E-state index in [1.807, 2.05) is 13.8 Å². The Balaban J connectivity index is 3.65. The Morgan fingerprint density at radius 3 is 2.67 bits per heavy atom. The van der Waals surface area contributed by atoms with Crippen LogP contribution < -0.4 is 0 Å². The third-order valence-electron chi connectivity index (χ3n) is 1.00. The zero-order valence-electron chi connectivity index (χ0n) is 7.21. The molecule has 1 N–H and O–H groups in total. The SMILES string of the molecule is CC(C)=CC(=O)OCC(O)CBr. The van der Waals surface area contributed by atoms with E-state index < -0.39 is 12.1 Å². The van der Waals surface area contributed by atoms with Crippen molar-refractivity contribution in [2.24, 2.45) is 0 Å². The molecule has 0 saturated heterocycles. The highest BCUT2D eigenvalue weighted by Crippen LogP contribution is 1.94. The van der Waals surface area contributed by atoms with Gasteiger partial charge < -0.3 is 9.84 Å². The summed E-state index contributed by atoms with van der Waals surface area (Å²) in [6.45, 7) is 3.65. The normalized spacial score (nSPS) is 12.0. The average Bonchev–Trinajstić information content (AvgIpc) is 1.99. The lowest BCUT2D eigenvalue weighted by atomic mass is 10.3. The van der Waals surface area contributed by atoms with Crippen molar-refractivity contribution in [3.8, 4) is 0 Å². The fourth-order valence-corrected chi connectivity index (χ4v) is 0.687. The molecule has 0 aliphatic carbocycles. The number of esters is 1. The minimum Gasteiger partial charge on any atom is -0.460 e. The fraction of sp³-hybridized carbons (Fsp3) is 0.625. The Morgan fingerprint density at radius 1 is 1.67 bits per heavy atom. The summed E-state index contributed by atoms with van der Waals surface area (Å²) in [7, 11) is 0. The maximum Gasteiger partial charge on any atom is 0.330 e. The van der Waals surface area contributed by atoms with Crippen LogP contribution in [0.3, 0.4) is 0 Å². The van der Waals surface area contributed by atoms with Crippen molar-refractivity contribution in [1.29, 1.82) is 0 Å². The van der Waals surface area contributed by atoms with E-state index in [-0.39, 0.29) is 6.61 Å². The lowest BCUT2D eigenvalue weighted by Gasteiger charge is -2.06. The second-order valence-corrected chi connectivity index (χ2v) is 3.31. The molecular weight excluding hydrogens is 224 g/mol. The first-order valence-corrected chi connectivity index (χ1v) is 4.74. The highest BCUT2D eigenvalue weighted by atomic mass is 79.9. The van der Waals surface area contributed by atoms with Crippen LogP contribution in [0.4, 0.5) is 0 Å². The lowest BCUT2D eigenvalue weighted by Crippen LogP contribution is -2.18. The van der Waals surface area contributed by atoms with Crippen molar-refractivity contribution >= 4 is 21.9 Å². The van der Waals surface area contributed by atoms with E-state index in [2.05, 4.69) is 15.9 Å². The van der Waals surface area contributed by atoms with Gasteiger partial charge in [0.15, 0.2) is 0 Å². The number of aliphatic hydroxyl groups excluding tert-OH is 1. The number of carbonyl (C=O) groups excluding carboxylic acids is 1. The standard InChI is InChI=1S/C8H13BrO3/c1-6(2)3-8(11)12-5-7(10)4-9/h3,7,10H,4-5H2,1-2H3. The topological polar surface area (TPSA) is 46.5 Å². The first-order chi connectivity index (χ1) is 5.56. The van der Waals surface area contributed by atoms with Crippen molar-refractivity contribution in [1.82, 2.24) is 0 Å². The molecular formula is C8H13BrO3. The molecule has 0 amide bonds. The maximum absolute atomic E-state index is 10.8. The average molecular weight is 237 g/mol. The van der Waals surface area contributed by atoms with Gasteiger partial charge >= 0.3 is 5.97 Å². The number of hydrogen-bond donors (Lipinski definition) is 1. The molecule has 1 unspecified atom stereocenters. The van der Waals surface area contributed by atoms with Gasteiger partial charge in [0.05, 0.1) is 6.10 Å². The van der Waals surface area contributed by atoms with Crippen molar-refractivity contribution in [3.63, 3.8) is 0 Å². The summed E-state index contributed by atoms with van der Waals surface area (Å²) in [4.78, 5) is 10.8. The van der Waals surface area contributed by atoms with E-state index in [4.69, 9.17) is 9.84 Å². The molecule has 0 aromatic rings. The Kier molecular flexibility index (Phi) is 6.02. The molecule has 0 spiro atoms. The van der Waals surface area contributed by atoms with E-state index in [9.17, 15) is 4.79 Å². The van der Waals surface area contributed by atoms with Crippen LogP contribution in [-0.2, 0) is 9.53 Å². The van der Waals surface area contributed by atoms with Crippen LogP contribution in [0.1, 0.15) is 13.8 Å². The van der Waals surface area contributed by atoms with Gasteiger partial charge in [0, 0.05) is 11.4 Å². The third-order valence-corrected chi connectivity index (χ3v) is 1.75. The highest BCUT2D eigenvalue weighted by Gasteiger charge is 2.04. The second-order valence-electron chi connectivity index (χ2n) is 2.66. The van der Waals surface area contributed by atoms with Gasteiger partial charge in [-0.05, 0) is 13.8 Å². The summed E-state index contributed by atoms with van der Waals surface area (Å²) >= 11 is 3.06. The molecule has 0 aliphatic heterocycles. The lowest BCUT2D eigenvalue weighted by molar-refractivity contribution is -0.140. The molecule has 4 heteroatoms. The van der Waals surface area contributed by atoms with Crippen LogP contribution in [0.5, 0.6) is 0 Å². The number of ether oxygens (including phenoxy) is 1. The van der Waals surface area contributed by atoms with Crippen LogP contribution in [0.15, 0.2) is 11.6 Å². The Hall–Kier alpha value is -0.350. The van der Waals surface area contributed by atoms with Crippen molar-refractivity contribution in [2.45, 2.75) is 20.0 Å². The smallest absolute Gasteiger partial charge is 0.330 e. The predicted octanol–water partition coefficient (Wildman–Crippen LogP) is 1.25. The number of carbonyl (C=O) groups is 1. The fourth-order valence-electron chi connectivity index (χ4n) is 0.500. The van der Waals surface area contributed by atoms with Gasteiger partial charge in [-0.3, -0.25) is 0 Å². The summed E-state index contributed by atoms with van der Waals surface area (Å²) in [6, 6.07) is 0. The third kappa shape index (κ3) is 6.37. The van der Waals surface area contributed by atoms with E-state index in [1.165, 1.54) is 6.08 Å². The summed E-state index contributed by atoms with van der Waals surface area (Å²) < 4.78 is 4.71. The van der Waals surface area contributed by atoms with Gasteiger partial charge in [-0.15, -0.1) is 0 Å². The first-order valence-electron chi connectivity index (χ1n) is 3.62. The van der Waals surface area contributed by atoms with Crippen molar-refractivity contribution in [3.05, 3.63) is 11.6 Å². The Labute approximate surface area is 80.5 Å². The number of alkyl halides is 1. The van der Waals surface area contributed by atoms with E-state index in [1.54, 1.807) is 0 Å². The molecule has 1 atom stereocenters. The first kappa shape index (κ1) is 11.6. The Morgan fingerprint density at radius 2 is 2.25 bits per heavy atom. The van der Waals surface area contributed by atoms with E-state index in [0.29, 0.717) is 5.33 Å². The van der Waals surface area contributed by atoms with Gasteiger partial charge in [0.1, 0.15) is 6.61 Å². The van der Waals surface area contributed by atoms with Crippen LogP contribution in [0.25, 0.3) is 0 Å². The zero-order chi connectivity index (χ0) is 9.56. The summed E-state index contributed by atoms with van der Waals surface area (Å²) in [5.74, 6) is -0.407. The quantitative estimate of drug-likeness (QED) is 0.454. The molecule has 0 aromatic carbocycles. The van der Waals surface area contributed by atoms with E-state index >= 15 is 0 Å². The molecule has 12 heavy (non-hydrogen) atoms. The van der Waals surface area contributed by atoms with Crippen molar-refractivity contribution in [2.75, 3.05) is 11.9 Å². The number of allylic oxidation sites excluding steroid dienone is 1. The molecule has 0 rings (SSSR count). The van der Waals surface area contributed by atoms with Gasteiger partial charge in [0.2, 0.25) is 0 Å². The predicted molar refractivity (Wildman–Crippen MR) is 50.2 cm³/mol. The molecule has 0 heterocycles. The monoisotopic (exact) mass is 236 g/mol. The largest absolute Gasteiger partial charge is 0.460 e. The highest BCUT2D eigenvalue weighted by molar-refractivity contribution is 9.09. The molecule has 0 saturated carbocycles. The molecule has 0 bridgehead atoms. The van der Waals surface area contributed by atoms with Gasteiger partial charge in [-0.1, -0.05) is 21.5 Å². The maximum atomic E-state index is 10.8. The molecule has 70 valence electrons. The van der Waals surface area contributed by atoms with Crippen LogP contribution >= 0.6 is 15.9 Å². The second kappa shape index (κ2) is 6.20. The van der Waals surface area contributed by atoms with Crippen LogP contribution in [-0.4, -0.2) is 29.1 Å². The van der Waals surface area contributed by atoms with Crippen LogP contribution in [0.2, 0.25) is 0 Å². The summed E-state index contributed by atoms with van der Waals surface area (Å²) in [5.41, 5.74) is 0.883. The van der Waals surface area contributed by atoms with Gasteiger partial charge in [-0.25, -0.2) is 4.79 Å². The molecule has 0 aliphatic rings. The molecule has 0 fully saturated rings. The zero-order valence-corrected chi connectivity index (χ0v) is 8.80. The molecule has 3 nitrogen and oxygen atoms in total. The van der Waals surface area contributed by atoms with Gasteiger partial charge in [-0.2, -0.15) is 0 Å². The van der Waals surface area contributed by atoms with Gasteiger partial charge in [0.25, 0.3) is 0 Å². The van der Waals surface area contributed by atoms with Crippen molar-refractivity contribution < 1.29 is 14.6 Å². The molecule has 0 radical (unpaired) electrons. The number of halogens is 1. The van der Waals surface area contributed by atoms with E-state index in [0.717, 1.165) is 5.57 Å². The number of hydrogen-bond acceptors (Lipinski definition) is 3. The minimum absolute atomic E-state index is 0.0356. The minimum atomic E-state index is -0.625.